The highest BCUT2D eigenvalue weighted by atomic mass is 16.5. The molecule has 0 atom stereocenters. The molecule has 0 aromatic heterocycles. The highest BCUT2D eigenvalue weighted by molar-refractivity contribution is 5.93. The van der Waals surface area contributed by atoms with Crippen LogP contribution in [0.5, 0.6) is 5.75 Å². The number of Topliss-reactive ketones (excluding diaryl/α,β-unsaturated/α-hetero) is 1. The van der Waals surface area contributed by atoms with E-state index in [2.05, 4.69) is 5.32 Å². The van der Waals surface area contributed by atoms with Crippen LogP contribution in [0.3, 0.4) is 0 Å². The maximum Gasteiger partial charge on any atom is 0.238 e. The van der Waals surface area contributed by atoms with Gasteiger partial charge in [0.05, 0.1) is 20.2 Å². The number of nitrogens with zero attached hydrogens (tertiary/aromatic N) is 1. The summed E-state index contributed by atoms with van der Waals surface area (Å²) in [5.74, 6) is 0.800. The Morgan fingerprint density at radius 1 is 1.47 bits per heavy atom. The van der Waals surface area contributed by atoms with Gasteiger partial charge in [-0.2, -0.15) is 0 Å². The second kappa shape index (κ2) is 6.33. The number of rotatable bonds is 4. The number of ether oxygens (including phenoxy) is 1. The van der Waals surface area contributed by atoms with Gasteiger partial charge in [0, 0.05) is 18.2 Å². The van der Waals surface area contributed by atoms with Gasteiger partial charge in [-0.15, -0.1) is 0 Å². The van der Waals surface area contributed by atoms with Crippen LogP contribution in [-0.2, 0) is 9.59 Å². The summed E-state index contributed by atoms with van der Waals surface area (Å²) in [6.45, 7) is 1.44. The SMILES string of the molecule is COc1cccc(NC(=O)CN2CCCC(=O)C2)c1. The van der Waals surface area contributed by atoms with E-state index in [4.69, 9.17) is 4.74 Å². The molecule has 0 saturated carbocycles. The highest BCUT2D eigenvalue weighted by Gasteiger charge is 2.18. The van der Waals surface area contributed by atoms with E-state index in [-0.39, 0.29) is 18.2 Å². The first-order valence-corrected chi connectivity index (χ1v) is 6.35. The van der Waals surface area contributed by atoms with Crippen LogP contribution in [0.25, 0.3) is 0 Å². The second-order valence-electron chi connectivity index (χ2n) is 4.63. The molecule has 1 saturated heterocycles. The molecule has 0 unspecified atom stereocenters. The summed E-state index contributed by atoms with van der Waals surface area (Å²) >= 11 is 0. The number of hydrogen-bond acceptors (Lipinski definition) is 4. The molecule has 1 aromatic carbocycles. The fourth-order valence-electron chi connectivity index (χ4n) is 2.15. The van der Waals surface area contributed by atoms with Crippen LogP contribution in [0.15, 0.2) is 24.3 Å². The van der Waals surface area contributed by atoms with Crippen LogP contribution in [-0.4, -0.2) is 43.3 Å². The molecule has 1 aromatic rings. The zero-order chi connectivity index (χ0) is 13.7. The maximum absolute atomic E-state index is 11.9. The number of likely N-dealkylation sites (tertiary alicyclic amines) is 1. The Morgan fingerprint density at radius 3 is 3.05 bits per heavy atom. The molecule has 0 spiro atoms. The molecule has 1 aliphatic heterocycles. The number of carbonyl (C=O) groups is 2. The summed E-state index contributed by atoms with van der Waals surface area (Å²) in [7, 11) is 1.58. The van der Waals surface area contributed by atoms with Crippen molar-refractivity contribution in [3.05, 3.63) is 24.3 Å². The minimum absolute atomic E-state index is 0.108. The van der Waals surface area contributed by atoms with E-state index in [0.29, 0.717) is 24.4 Å². The summed E-state index contributed by atoms with van der Waals surface area (Å²) in [5, 5.41) is 2.81. The number of benzene rings is 1. The first kappa shape index (κ1) is 13.5. The normalized spacial score (nSPS) is 16.2. The molecule has 1 heterocycles. The molecule has 1 N–H and O–H groups in total. The molecule has 19 heavy (non-hydrogen) atoms. The smallest absolute Gasteiger partial charge is 0.238 e. The van der Waals surface area contributed by atoms with E-state index in [1.807, 2.05) is 23.1 Å². The van der Waals surface area contributed by atoms with Crippen molar-refractivity contribution in [2.24, 2.45) is 0 Å². The second-order valence-corrected chi connectivity index (χ2v) is 4.63. The molecular weight excluding hydrogens is 244 g/mol. The Kier molecular flexibility index (Phi) is 4.52. The number of methoxy groups -OCH3 is 1. The number of amides is 1. The van der Waals surface area contributed by atoms with Gasteiger partial charge >= 0.3 is 0 Å². The van der Waals surface area contributed by atoms with Crippen LogP contribution in [0.2, 0.25) is 0 Å². The van der Waals surface area contributed by atoms with Crippen molar-refractivity contribution >= 4 is 17.4 Å². The van der Waals surface area contributed by atoms with Crippen molar-refractivity contribution in [1.29, 1.82) is 0 Å². The molecule has 0 bridgehead atoms. The average Bonchev–Trinajstić information content (AvgIpc) is 2.38. The first-order chi connectivity index (χ1) is 9.17. The number of hydrogen-bond donors (Lipinski definition) is 1. The van der Waals surface area contributed by atoms with E-state index in [0.717, 1.165) is 13.0 Å². The number of piperidine rings is 1. The number of carbonyl (C=O) groups excluding carboxylic acids is 2. The van der Waals surface area contributed by atoms with Gasteiger partial charge in [-0.3, -0.25) is 14.5 Å². The van der Waals surface area contributed by atoms with E-state index in [1.165, 1.54) is 0 Å². The van der Waals surface area contributed by atoms with Crippen molar-refractivity contribution in [3.63, 3.8) is 0 Å². The van der Waals surface area contributed by atoms with Crippen molar-refractivity contribution in [2.75, 3.05) is 32.1 Å². The fourth-order valence-corrected chi connectivity index (χ4v) is 2.15. The summed E-state index contributed by atoms with van der Waals surface area (Å²) in [5.41, 5.74) is 0.702. The van der Waals surface area contributed by atoms with Gasteiger partial charge in [0.1, 0.15) is 11.5 Å². The summed E-state index contributed by atoms with van der Waals surface area (Å²) in [4.78, 5) is 25.1. The topological polar surface area (TPSA) is 58.6 Å². The van der Waals surface area contributed by atoms with Crippen molar-refractivity contribution < 1.29 is 14.3 Å². The average molecular weight is 262 g/mol. The first-order valence-electron chi connectivity index (χ1n) is 6.35. The molecule has 0 radical (unpaired) electrons. The minimum Gasteiger partial charge on any atom is -0.497 e. The fraction of sp³-hybridized carbons (Fsp3) is 0.429. The Morgan fingerprint density at radius 2 is 2.32 bits per heavy atom. The van der Waals surface area contributed by atoms with E-state index in [9.17, 15) is 9.59 Å². The van der Waals surface area contributed by atoms with Crippen LogP contribution >= 0.6 is 0 Å². The van der Waals surface area contributed by atoms with Gasteiger partial charge in [-0.25, -0.2) is 0 Å². The van der Waals surface area contributed by atoms with E-state index >= 15 is 0 Å². The van der Waals surface area contributed by atoms with Gasteiger partial charge in [0.25, 0.3) is 0 Å². The Hall–Kier alpha value is -1.88. The predicted octanol–water partition coefficient (Wildman–Crippen LogP) is 1.30. The highest BCUT2D eigenvalue weighted by Crippen LogP contribution is 2.16. The molecule has 1 aliphatic rings. The summed E-state index contributed by atoms with van der Waals surface area (Å²) in [6, 6.07) is 7.21. The molecule has 0 aliphatic carbocycles. The van der Waals surface area contributed by atoms with Gasteiger partial charge in [0.15, 0.2) is 0 Å². The van der Waals surface area contributed by atoms with Gasteiger partial charge in [-0.05, 0) is 25.1 Å². The van der Waals surface area contributed by atoms with Crippen LogP contribution in [0, 0.1) is 0 Å². The lowest BCUT2D eigenvalue weighted by atomic mass is 10.1. The lowest BCUT2D eigenvalue weighted by Gasteiger charge is -2.24. The molecule has 102 valence electrons. The molecule has 1 amide bonds. The zero-order valence-electron chi connectivity index (χ0n) is 11.0. The molecular formula is C14H18N2O3. The van der Waals surface area contributed by atoms with Gasteiger partial charge in [-0.1, -0.05) is 6.07 Å². The van der Waals surface area contributed by atoms with Crippen molar-refractivity contribution in [3.8, 4) is 5.75 Å². The van der Waals surface area contributed by atoms with Crippen LogP contribution in [0.4, 0.5) is 5.69 Å². The molecule has 1 fully saturated rings. The van der Waals surface area contributed by atoms with E-state index < -0.39 is 0 Å². The Labute approximate surface area is 112 Å². The monoisotopic (exact) mass is 262 g/mol. The van der Waals surface area contributed by atoms with Crippen LogP contribution < -0.4 is 10.1 Å². The standard InChI is InChI=1S/C14H18N2O3/c1-19-13-6-2-4-11(8-13)15-14(18)10-16-7-3-5-12(17)9-16/h2,4,6,8H,3,5,7,9-10H2,1H3,(H,15,18). The summed E-state index contributed by atoms with van der Waals surface area (Å²) < 4.78 is 5.09. The third kappa shape index (κ3) is 4.06. The van der Waals surface area contributed by atoms with Crippen molar-refractivity contribution in [1.82, 2.24) is 4.90 Å². The maximum atomic E-state index is 11.9. The van der Waals surface area contributed by atoms with Gasteiger partial charge in [0.2, 0.25) is 5.91 Å². The number of anilines is 1. The number of ketones is 1. The molecule has 5 nitrogen and oxygen atoms in total. The third-order valence-electron chi connectivity index (χ3n) is 3.05. The minimum atomic E-state index is -0.108. The molecule has 5 heteroatoms. The Bertz CT molecular complexity index is 474. The lowest BCUT2D eigenvalue weighted by molar-refractivity contribution is -0.123. The summed E-state index contributed by atoms with van der Waals surface area (Å²) in [6.07, 6.45) is 1.47. The van der Waals surface area contributed by atoms with Gasteiger partial charge < -0.3 is 10.1 Å². The quantitative estimate of drug-likeness (QED) is 0.888. The zero-order valence-corrected chi connectivity index (χ0v) is 11.0. The number of nitrogens with one attached hydrogen (secondary N) is 1. The van der Waals surface area contributed by atoms with E-state index in [1.54, 1.807) is 13.2 Å². The lowest BCUT2D eigenvalue weighted by Crippen LogP contribution is -2.40. The largest absolute Gasteiger partial charge is 0.497 e. The molecule has 2 rings (SSSR count). The van der Waals surface area contributed by atoms with Crippen molar-refractivity contribution in [2.45, 2.75) is 12.8 Å². The van der Waals surface area contributed by atoms with Crippen LogP contribution in [0.1, 0.15) is 12.8 Å². The Balaban J connectivity index is 1.88. The predicted molar refractivity (Wildman–Crippen MR) is 72.3 cm³/mol. The third-order valence-corrected chi connectivity index (χ3v) is 3.05.